The van der Waals surface area contributed by atoms with Gasteiger partial charge < -0.3 is 9.73 Å². The third-order valence-electron chi connectivity index (χ3n) is 2.14. The van der Waals surface area contributed by atoms with Gasteiger partial charge in [0.05, 0.1) is 6.20 Å². The fourth-order valence-electron chi connectivity index (χ4n) is 1.46. The Balaban J connectivity index is 2.20. The molecule has 1 aromatic rings. The summed E-state index contributed by atoms with van der Waals surface area (Å²) in [6, 6.07) is 0.558. The van der Waals surface area contributed by atoms with Gasteiger partial charge in [0.15, 0.2) is 0 Å². The summed E-state index contributed by atoms with van der Waals surface area (Å²) in [5.74, 6) is 0. The molecule has 15 heavy (non-hydrogen) atoms. The Morgan fingerprint density at radius 2 is 2.33 bits per heavy atom. The van der Waals surface area contributed by atoms with Crippen molar-refractivity contribution in [3.05, 3.63) is 12.5 Å². The predicted octanol–water partition coefficient (Wildman–Crippen LogP) is 2.93. The molecule has 0 aliphatic heterocycles. The average molecular weight is 228 g/mol. The van der Waals surface area contributed by atoms with E-state index in [1.807, 2.05) is 0 Å². The van der Waals surface area contributed by atoms with E-state index in [0.717, 1.165) is 18.2 Å². The lowest BCUT2D eigenvalue weighted by molar-refractivity contribution is 0.451. The lowest BCUT2D eigenvalue weighted by atomic mass is 10.2. The number of nitrogens with zero attached hydrogens (tertiary/aromatic N) is 1. The van der Waals surface area contributed by atoms with Gasteiger partial charge in [0.1, 0.15) is 6.26 Å². The van der Waals surface area contributed by atoms with E-state index in [2.05, 4.69) is 31.1 Å². The molecule has 1 rings (SSSR count). The van der Waals surface area contributed by atoms with E-state index in [0.29, 0.717) is 11.3 Å². The summed E-state index contributed by atoms with van der Waals surface area (Å²) in [6.45, 7) is 7.71. The maximum atomic E-state index is 5.20. The molecule has 1 heterocycles. The molecule has 4 heteroatoms. The van der Waals surface area contributed by atoms with Gasteiger partial charge in [-0.2, -0.15) is 0 Å². The van der Waals surface area contributed by atoms with Crippen LogP contribution in [-0.4, -0.2) is 22.8 Å². The van der Waals surface area contributed by atoms with Crippen LogP contribution in [0.25, 0.3) is 0 Å². The molecule has 2 atom stereocenters. The Kier molecular flexibility index (Phi) is 5.79. The van der Waals surface area contributed by atoms with Gasteiger partial charge in [0.25, 0.3) is 5.22 Å². The van der Waals surface area contributed by atoms with Gasteiger partial charge in [-0.25, -0.2) is 4.98 Å². The highest BCUT2D eigenvalue weighted by Gasteiger charge is 2.11. The van der Waals surface area contributed by atoms with Crippen molar-refractivity contribution in [2.45, 2.75) is 50.1 Å². The Morgan fingerprint density at radius 1 is 1.53 bits per heavy atom. The van der Waals surface area contributed by atoms with Crippen LogP contribution in [0.2, 0.25) is 0 Å². The minimum atomic E-state index is 0.531. The van der Waals surface area contributed by atoms with Crippen molar-refractivity contribution in [2.75, 3.05) is 6.54 Å². The number of hydrogen-bond donors (Lipinski definition) is 1. The molecule has 0 saturated carbocycles. The number of nitrogens with one attached hydrogen (secondary N) is 1. The summed E-state index contributed by atoms with van der Waals surface area (Å²) < 4.78 is 5.20. The van der Waals surface area contributed by atoms with Crippen molar-refractivity contribution in [1.29, 1.82) is 0 Å². The van der Waals surface area contributed by atoms with E-state index in [9.17, 15) is 0 Å². The number of oxazole rings is 1. The lowest BCUT2D eigenvalue weighted by Gasteiger charge is -2.16. The summed E-state index contributed by atoms with van der Waals surface area (Å²) in [4.78, 5) is 4.10. The maximum absolute atomic E-state index is 5.20. The van der Waals surface area contributed by atoms with Crippen LogP contribution in [0, 0.1) is 0 Å². The first-order chi connectivity index (χ1) is 7.22. The molecule has 3 nitrogen and oxygen atoms in total. The molecule has 0 spiro atoms. The summed E-state index contributed by atoms with van der Waals surface area (Å²) in [5.41, 5.74) is 0. The standard InChI is InChI=1S/C11H20N2OS/c1-4-5-12-9(2)8-10(3)15-11-13-6-7-14-11/h6-7,9-10,12H,4-5,8H2,1-3H3. The van der Waals surface area contributed by atoms with Crippen molar-refractivity contribution < 1.29 is 4.42 Å². The summed E-state index contributed by atoms with van der Waals surface area (Å²) >= 11 is 1.69. The number of rotatable bonds is 7. The Labute approximate surface area is 96.0 Å². The fourth-order valence-corrected chi connectivity index (χ4v) is 2.42. The van der Waals surface area contributed by atoms with Crippen LogP contribution >= 0.6 is 11.8 Å². The number of hydrogen-bond acceptors (Lipinski definition) is 4. The van der Waals surface area contributed by atoms with E-state index in [-0.39, 0.29) is 0 Å². The smallest absolute Gasteiger partial charge is 0.255 e. The van der Waals surface area contributed by atoms with Crippen molar-refractivity contribution in [3.63, 3.8) is 0 Å². The Hall–Kier alpha value is -0.480. The van der Waals surface area contributed by atoms with E-state index in [1.165, 1.54) is 6.42 Å². The third kappa shape index (κ3) is 5.23. The molecule has 1 aromatic heterocycles. The van der Waals surface area contributed by atoms with Crippen molar-refractivity contribution in [1.82, 2.24) is 10.3 Å². The monoisotopic (exact) mass is 228 g/mol. The fraction of sp³-hybridized carbons (Fsp3) is 0.727. The molecule has 0 fully saturated rings. The van der Waals surface area contributed by atoms with Gasteiger partial charge >= 0.3 is 0 Å². The van der Waals surface area contributed by atoms with Crippen molar-refractivity contribution in [3.8, 4) is 0 Å². The van der Waals surface area contributed by atoms with E-state index < -0.39 is 0 Å². The van der Waals surface area contributed by atoms with Gasteiger partial charge in [-0.3, -0.25) is 0 Å². The molecule has 0 bridgehead atoms. The van der Waals surface area contributed by atoms with Crippen molar-refractivity contribution in [2.24, 2.45) is 0 Å². The van der Waals surface area contributed by atoms with E-state index >= 15 is 0 Å². The third-order valence-corrected chi connectivity index (χ3v) is 3.14. The molecule has 2 unspecified atom stereocenters. The number of aromatic nitrogens is 1. The van der Waals surface area contributed by atoms with E-state index in [4.69, 9.17) is 4.42 Å². The molecule has 0 aromatic carbocycles. The van der Waals surface area contributed by atoms with Crippen LogP contribution in [-0.2, 0) is 0 Å². The highest BCUT2D eigenvalue weighted by atomic mass is 32.2. The normalized spacial score (nSPS) is 15.1. The molecule has 0 aliphatic rings. The Bertz CT molecular complexity index is 251. The molecular formula is C11H20N2OS. The Morgan fingerprint density at radius 3 is 2.93 bits per heavy atom. The van der Waals surface area contributed by atoms with Crippen LogP contribution in [0.3, 0.4) is 0 Å². The minimum absolute atomic E-state index is 0.531. The second-order valence-electron chi connectivity index (χ2n) is 3.82. The highest BCUT2D eigenvalue weighted by Crippen LogP contribution is 2.23. The lowest BCUT2D eigenvalue weighted by Crippen LogP contribution is -2.29. The van der Waals surface area contributed by atoms with Gasteiger partial charge in [-0.05, 0) is 26.3 Å². The molecule has 0 radical (unpaired) electrons. The molecule has 0 saturated heterocycles. The summed E-state index contributed by atoms with van der Waals surface area (Å²) in [7, 11) is 0. The van der Waals surface area contributed by atoms with E-state index in [1.54, 1.807) is 24.2 Å². The zero-order valence-corrected chi connectivity index (χ0v) is 10.5. The molecule has 0 amide bonds. The molecule has 1 N–H and O–H groups in total. The SMILES string of the molecule is CCCNC(C)CC(C)Sc1ncco1. The second kappa shape index (κ2) is 6.90. The van der Waals surface area contributed by atoms with Gasteiger partial charge in [0.2, 0.25) is 0 Å². The zero-order valence-electron chi connectivity index (χ0n) is 9.69. The van der Waals surface area contributed by atoms with Crippen LogP contribution in [0.4, 0.5) is 0 Å². The maximum Gasteiger partial charge on any atom is 0.255 e. The van der Waals surface area contributed by atoms with Crippen LogP contribution in [0.15, 0.2) is 22.1 Å². The second-order valence-corrected chi connectivity index (χ2v) is 5.21. The molecule has 86 valence electrons. The number of thioether (sulfide) groups is 1. The van der Waals surface area contributed by atoms with Gasteiger partial charge in [-0.1, -0.05) is 25.6 Å². The first-order valence-corrected chi connectivity index (χ1v) is 6.39. The van der Waals surface area contributed by atoms with Crippen LogP contribution < -0.4 is 5.32 Å². The quantitative estimate of drug-likeness (QED) is 0.728. The largest absolute Gasteiger partial charge is 0.440 e. The first-order valence-electron chi connectivity index (χ1n) is 5.52. The highest BCUT2D eigenvalue weighted by molar-refractivity contribution is 7.99. The molecule has 0 aliphatic carbocycles. The minimum Gasteiger partial charge on any atom is -0.440 e. The topological polar surface area (TPSA) is 38.1 Å². The predicted molar refractivity (Wildman–Crippen MR) is 64.2 cm³/mol. The van der Waals surface area contributed by atoms with Gasteiger partial charge in [-0.15, -0.1) is 0 Å². The van der Waals surface area contributed by atoms with Crippen molar-refractivity contribution >= 4 is 11.8 Å². The summed E-state index contributed by atoms with van der Waals surface area (Å²) in [6.07, 6.45) is 5.63. The molecular weight excluding hydrogens is 208 g/mol. The van der Waals surface area contributed by atoms with Crippen LogP contribution in [0.5, 0.6) is 0 Å². The average Bonchev–Trinajstić information content (AvgIpc) is 2.67. The van der Waals surface area contributed by atoms with Crippen LogP contribution in [0.1, 0.15) is 33.6 Å². The zero-order chi connectivity index (χ0) is 11.1. The first kappa shape index (κ1) is 12.6. The summed E-state index contributed by atoms with van der Waals surface area (Å²) in [5, 5.41) is 4.78. The van der Waals surface area contributed by atoms with Gasteiger partial charge in [0, 0.05) is 11.3 Å².